The van der Waals surface area contributed by atoms with Crippen LogP contribution in [-0.4, -0.2) is 73.2 Å². The predicted octanol–water partition coefficient (Wildman–Crippen LogP) is 1.31. The van der Waals surface area contributed by atoms with Crippen molar-refractivity contribution in [3.8, 4) is 0 Å². The molecule has 2 aliphatic heterocycles. The number of amides is 1. The minimum atomic E-state index is -5.08. The quantitative estimate of drug-likeness (QED) is 0.707. The van der Waals surface area contributed by atoms with Gasteiger partial charge in [0.05, 0.1) is 17.0 Å². The van der Waals surface area contributed by atoms with Gasteiger partial charge in [-0.25, -0.2) is 13.2 Å². The number of nitrogens with zero attached hydrogens (tertiary/aromatic N) is 1. The van der Waals surface area contributed by atoms with E-state index in [1.165, 1.54) is 0 Å². The number of sulfone groups is 1. The highest BCUT2D eigenvalue weighted by atomic mass is 32.2. The van der Waals surface area contributed by atoms with Crippen molar-refractivity contribution in [2.45, 2.75) is 30.3 Å². The Morgan fingerprint density at radius 3 is 2.25 bits per heavy atom. The third-order valence-electron chi connectivity index (χ3n) is 4.65. The largest absolute Gasteiger partial charge is 0.490 e. The number of aliphatic carboxylic acids is 1. The van der Waals surface area contributed by atoms with Crippen LogP contribution in [0.1, 0.15) is 23.2 Å². The Morgan fingerprint density at radius 2 is 1.68 bits per heavy atom. The number of carboxylic acid groups (broad SMARTS) is 1. The van der Waals surface area contributed by atoms with Gasteiger partial charge in [-0.2, -0.15) is 13.2 Å². The molecule has 0 bridgehead atoms. The molecule has 0 unspecified atom stereocenters. The normalized spacial score (nSPS) is 24.2. The second-order valence-electron chi connectivity index (χ2n) is 6.47. The molecule has 156 valence electrons. The fourth-order valence-corrected chi connectivity index (χ4v) is 5.31. The summed E-state index contributed by atoms with van der Waals surface area (Å²) in [5.74, 6) is -2.73. The Hall–Kier alpha value is -2.14. The Labute approximate surface area is 160 Å². The number of hydrogen-bond acceptors (Lipinski definition) is 5. The van der Waals surface area contributed by atoms with Crippen molar-refractivity contribution in [1.82, 2.24) is 10.2 Å². The molecule has 0 aliphatic carbocycles. The zero-order valence-electron chi connectivity index (χ0n) is 14.9. The van der Waals surface area contributed by atoms with E-state index in [4.69, 9.17) is 9.90 Å². The molecule has 1 aromatic carbocycles. The zero-order chi connectivity index (χ0) is 20.9. The summed E-state index contributed by atoms with van der Waals surface area (Å²) in [6.45, 7) is 1.76. The summed E-state index contributed by atoms with van der Waals surface area (Å²) in [5, 5.41) is 9.94. The lowest BCUT2D eigenvalue weighted by Crippen LogP contribution is -2.56. The molecule has 1 amide bonds. The van der Waals surface area contributed by atoms with Crippen molar-refractivity contribution in [2.75, 3.05) is 25.4 Å². The summed E-state index contributed by atoms with van der Waals surface area (Å²) < 4.78 is 56.4. The number of fused-ring (bicyclic) bond motifs is 1. The van der Waals surface area contributed by atoms with Crippen LogP contribution in [0.15, 0.2) is 30.3 Å². The Kier molecular flexibility index (Phi) is 7.05. The summed E-state index contributed by atoms with van der Waals surface area (Å²) >= 11 is 0. The highest BCUT2D eigenvalue weighted by molar-refractivity contribution is 7.92. The number of rotatable bonds is 1. The van der Waals surface area contributed by atoms with E-state index in [1.807, 2.05) is 18.2 Å². The van der Waals surface area contributed by atoms with Crippen LogP contribution in [0, 0.1) is 0 Å². The molecule has 0 saturated carbocycles. The van der Waals surface area contributed by atoms with Gasteiger partial charge in [0.2, 0.25) is 0 Å². The Bertz CT molecular complexity index is 799. The van der Waals surface area contributed by atoms with E-state index in [-0.39, 0.29) is 17.7 Å². The number of nitrogens with one attached hydrogen (secondary N) is 1. The average molecular weight is 422 g/mol. The van der Waals surface area contributed by atoms with E-state index in [9.17, 15) is 26.4 Å². The molecule has 2 aliphatic rings. The van der Waals surface area contributed by atoms with Gasteiger partial charge in [-0.15, -0.1) is 0 Å². The van der Waals surface area contributed by atoms with E-state index < -0.39 is 27.2 Å². The van der Waals surface area contributed by atoms with E-state index in [1.54, 1.807) is 17.0 Å². The lowest BCUT2D eigenvalue weighted by molar-refractivity contribution is -0.192. The number of benzene rings is 1. The first-order chi connectivity index (χ1) is 13.0. The summed E-state index contributed by atoms with van der Waals surface area (Å²) in [6, 6.07) is 8.91. The first kappa shape index (κ1) is 22.2. The number of alkyl halides is 3. The fourth-order valence-electron chi connectivity index (χ4n) is 3.31. The summed E-state index contributed by atoms with van der Waals surface area (Å²) in [6.07, 6.45) is -3.80. The molecule has 11 heteroatoms. The van der Waals surface area contributed by atoms with Gasteiger partial charge in [0.1, 0.15) is 0 Å². The first-order valence-corrected chi connectivity index (χ1v) is 10.3. The lowest BCUT2D eigenvalue weighted by atomic mass is 10.0. The van der Waals surface area contributed by atoms with Gasteiger partial charge in [0, 0.05) is 12.1 Å². The van der Waals surface area contributed by atoms with Crippen LogP contribution in [0.25, 0.3) is 0 Å². The fraction of sp³-hybridized carbons (Fsp3) is 0.529. The number of hydrogen-bond donors (Lipinski definition) is 2. The van der Waals surface area contributed by atoms with Crippen molar-refractivity contribution in [1.29, 1.82) is 0 Å². The van der Waals surface area contributed by atoms with Crippen LogP contribution in [0.5, 0.6) is 0 Å². The average Bonchev–Trinajstić information content (AvgIpc) is 2.89. The minimum Gasteiger partial charge on any atom is -0.475 e. The first-order valence-electron chi connectivity index (χ1n) is 8.62. The number of halogens is 3. The van der Waals surface area contributed by atoms with Crippen LogP contribution in [0.3, 0.4) is 0 Å². The molecule has 1 aromatic rings. The van der Waals surface area contributed by atoms with Crippen LogP contribution in [-0.2, 0) is 14.6 Å². The lowest BCUT2D eigenvalue weighted by Gasteiger charge is -2.40. The number of carbonyl (C=O) groups excluding carboxylic acids is 1. The molecule has 2 fully saturated rings. The van der Waals surface area contributed by atoms with Crippen LogP contribution < -0.4 is 5.32 Å². The third-order valence-corrected chi connectivity index (χ3v) is 6.88. The highest BCUT2D eigenvalue weighted by Gasteiger charge is 2.43. The molecule has 2 saturated heterocycles. The summed E-state index contributed by atoms with van der Waals surface area (Å²) in [7, 11) is -3.09. The zero-order valence-corrected chi connectivity index (χ0v) is 15.7. The van der Waals surface area contributed by atoms with Crippen LogP contribution >= 0.6 is 0 Å². The molecule has 2 atom stereocenters. The van der Waals surface area contributed by atoms with Crippen molar-refractivity contribution >= 4 is 21.7 Å². The molecule has 0 aromatic heterocycles. The Morgan fingerprint density at radius 1 is 1.11 bits per heavy atom. The van der Waals surface area contributed by atoms with Gasteiger partial charge in [0.25, 0.3) is 5.91 Å². The van der Waals surface area contributed by atoms with Gasteiger partial charge >= 0.3 is 12.1 Å². The summed E-state index contributed by atoms with van der Waals surface area (Å²) in [5.41, 5.74) is 0.632. The second-order valence-corrected chi connectivity index (χ2v) is 8.81. The van der Waals surface area contributed by atoms with E-state index in [2.05, 4.69) is 5.32 Å². The third kappa shape index (κ3) is 5.44. The van der Waals surface area contributed by atoms with Crippen LogP contribution in [0.2, 0.25) is 0 Å². The van der Waals surface area contributed by atoms with Crippen molar-refractivity contribution in [2.24, 2.45) is 0 Å². The molecule has 0 spiro atoms. The van der Waals surface area contributed by atoms with E-state index in [0.29, 0.717) is 31.5 Å². The highest BCUT2D eigenvalue weighted by Crippen LogP contribution is 2.27. The van der Waals surface area contributed by atoms with E-state index >= 15 is 0 Å². The molecule has 0 radical (unpaired) electrons. The second kappa shape index (κ2) is 8.91. The van der Waals surface area contributed by atoms with Gasteiger partial charge in [-0.1, -0.05) is 18.2 Å². The predicted molar refractivity (Wildman–Crippen MR) is 94.6 cm³/mol. The van der Waals surface area contributed by atoms with E-state index in [0.717, 1.165) is 6.54 Å². The maximum atomic E-state index is 12.7. The number of carbonyl (C=O) groups is 2. The minimum absolute atomic E-state index is 0.0533. The molecule has 2 N–H and O–H groups in total. The van der Waals surface area contributed by atoms with Gasteiger partial charge in [0.15, 0.2) is 9.84 Å². The molecule has 28 heavy (non-hydrogen) atoms. The maximum Gasteiger partial charge on any atom is 0.490 e. The Balaban J connectivity index is 0.000000345. The molecule has 3 rings (SSSR count). The van der Waals surface area contributed by atoms with Crippen molar-refractivity contribution in [3.63, 3.8) is 0 Å². The maximum absolute atomic E-state index is 12.7. The van der Waals surface area contributed by atoms with Crippen molar-refractivity contribution in [3.05, 3.63) is 35.9 Å². The molecular formula is C17H21F3N2O5S. The monoisotopic (exact) mass is 422 g/mol. The molecule has 7 nitrogen and oxygen atoms in total. The standard InChI is InChI=1S/C15H20N2O3S.C2HF3O2/c18-15(12-4-2-1-3-5-12)17-10-11-21(19,20)14-7-9-16-8-6-13(14)17;3-2(4,5)1(6)7/h1-5,13-14,16H,6-11H2;(H,6,7)/t13-,14+;/m0./s1. The van der Waals surface area contributed by atoms with Crippen LogP contribution in [0.4, 0.5) is 13.2 Å². The number of carboxylic acids is 1. The smallest absolute Gasteiger partial charge is 0.475 e. The topological polar surface area (TPSA) is 104 Å². The van der Waals surface area contributed by atoms with Gasteiger partial charge < -0.3 is 15.3 Å². The van der Waals surface area contributed by atoms with Gasteiger partial charge in [-0.05, 0) is 38.1 Å². The summed E-state index contributed by atoms with van der Waals surface area (Å²) in [4.78, 5) is 23.4. The molecular weight excluding hydrogens is 401 g/mol. The molecule has 2 heterocycles. The SMILES string of the molecule is O=C(O)C(F)(F)F.O=C(c1ccccc1)N1CCS(=O)(=O)[C@@H]2CCNCC[C@@H]21. The van der Waals surface area contributed by atoms with Gasteiger partial charge in [-0.3, -0.25) is 4.79 Å². The van der Waals surface area contributed by atoms with Crippen molar-refractivity contribution < 1.29 is 36.3 Å².